The molecule has 1 N–H and O–H groups in total. The van der Waals surface area contributed by atoms with Crippen LogP contribution in [0.5, 0.6) is 0 Å². The van der Waals surface area contributed by atoms with Gasteiger partial charge in [-0.25, -0.2) is 0 Å². The summed E-state index contributed by atoms with van der Waals surface area (Å²) in [6, 6.07) is 9.25. The quantitative estimate of drug-likeness (QED) is 0.803. The highest BCUT2D eigenvalue weighted by Gasteiger charge is 2.13. The summed E-state index contributed by atoms with van der Waals surface area (Å²) in [6.07, 6.45) is 0.510. The number of hydrogen-bond acceptors (Lipinski definition) is 1. The molecule has 0 aliphatic carbocycles. The average molecular weight is 206 g/mol. The van der Waals surface area contributed by atoms with Crippen LogP contribution in [0.3, 0.4) is 0 Å². The highest BCUT2D eigenvalue weighted by atomic mass is 19.2. The molecule has 78 valence electrons. The molecule has 0 fully saturated rings. The normalized spacial score (nSPS) is 10.5. The van der Waals surface area contributed by atoms with Gasteiger partial charge in [-0.3, -0.25) is 9.89 Å². The van der Waals surface area contributed by atoms with Crippen LogP contribution in [-0.4, -0.2) is 10.0 Å². The Bertz CT molecular complexity index is 513. The lowest BCUT2D eigenvalue weighted by atomic mass is 10.1. The largest absolute Gasteiger partial charge is 0.300 e. The van der Waals surface area contributed by atoms with Crippen LogP contribution < -0.4 is 5.56 Å². The molecule has 15 heavy (non-hydrogen) atoms. The maximum Gasteiger partial charge on any atom is 0.300 e. The molecule has 0 aliphatic rings. The van der Waals surface area contributed by atoms with Crippen molar-refractivity contribution in [1.82, 2.24) is 10.0 Å². The van der Waals surface area contributed by atoms with Gasteiger partial charge in [0.25, 0.3) is 5.56 Å². The Hall–Kier alpha value is -1.84. The number of halogens is 1. The summed E-state index contributed by atoms with van der Waals surface area (Å²) in [4.78, 5) is 11.4. The minimum Gasteiger partial charge on any atom is -0.266 e. The molecule has 0 unspecified atom stereocenters. The number of aromatic nitrogens is 2. The maximum atomic E-state index is 13.0. The molecule has 0 radical (unpaired) electrons. The fourth-order valence-corrected chi connectivity index (χ4v) is 1.61. The Morgan fingerprint density at radius 2 is 2.00 bits per heavy atom. The first-order valence-corrected chi connectivity index (χ1v) is 4.79. The van der Waals surface area contributed by atoms with Gasteiger partial charge in [-0.05, 0) is 12.0 Å². The minimum atomic E-state index is -0.601. The minimum absolute atomic E-state index is 0.0289. The van der Waals surface area contributed by atoms with Crippen LogP contribution in [0.1, 0.15) is 12.5 Å². The molecule has 2 aromatic rings. The fourth-order valence-electron chi connectivity index (χ4n) is 1.61. The molecule has 1 heterocycles. The van der Waals surface area contributed by atoms with Crippen LogP contribution in [0.15, 0.2) is 35.1 Å². The van der Waals surface area contributed by atoms with Crippen molar-refractivity contribution in [2.24, 2.45) is 0 Å². The Balaban J connectivity index is 2.64. The number of rotatable bonds is 2. The Kier molecular flexibility index (Phi) is 2.41. The second-order valence-corrected chi connectivity index (χ2v) is 3.27. The number of nitrogens with zero attached hydrogens (tertiary/aromatic N) is 1. The Morgan fingerprint density at radius 3 is 2.60 bits per heavy atom. The van der Waals surface area contributed by atoms with Crippen molar-refractivity contribution >= 4 is 0 Å². The molecular weight excluding hydrogens is 195 g/mol. The summed E-state index contributed by atoms with van der Waals surface area (Å²) in [7, 11) is 0. The van der Waals surface area contributed by atoms with Gasteiger partial charge in [-0.2, -0.15) is 0 Å². The molecule has 1 aromatic carbocycles. The van der Waals surface area contributed by atoms with E-state index in [0.717, 1.165) is 5.56 Å². The molecular formula is C11H11FN2O. The number of H-pyrrole nitrogens is 1. The van der Waals surface area contributed by atoms with E-state index in [-0.39, 0.29) is 4.90 Å². The predicted molar refractivity (Wildman–Crippen MR) is 56.4 cm³/mol. The second kappa shape index (κ2) is 3.73. The van der Waals surface area contributed by atoms with Gasteiger partial charge in [0.1, 0.15) is 0 Å². The third-order valence-corrected chi connectivity index (χ3v) is 2.36. The maximum absolute atomic E-state index is 13.0. The van der Waals surface area contributed by atoms with Crippen LogP contribution in [-0.2, 0) is 6.42 Å². The zero-order chi connectivity index (χ0) is 10.8. The van der Waals surface area contributed by atoms with E-state index >= 15 is 0 Å². The van der Waals surface area contributed by atoms with Crippen LogP contribution >= 0.6 is 0 Å². The number of benzene rings is 1. The first-order chi connectivity index (χ1) is 7.24. The standard InChI is InChI=1S/C11H11FN2O/c1-2-9-10(13-14(12)11(9)15)8-6-4-3-5-7-8/h3-7,13H,2H2,1H3. The van der Waals surface area contributed by atoms with E-state index in [4.69, 9.17) is 0 Å². The molecule has 4 heteroatoms. The molecule has 0 aliphatic heterocycles. The summed E-state index contributed by atoms with van der Waals surface area (Å²) >= 11 is 0. The molecule has 2 rings (SSSR count). The molecule has 1 aromatic heterocycles. The number of hydrogen-bond donors (Lipinski definition) is 1. The monoisotopic (exact) mass is 206 g/mol. The molecule has 3 nitrogen and oxygen atoms in total. The summed E-state index contributed by atoms with van der Waals surface area (Å²) < 4.78 is 13.0. The van der Waals surface area contributed by atoms with Gasteiger partial charge in [0, 0.05) is 5.56 Å². The van der Waals surface area contributed by atoms with Crippen molar-refractivity contribution in [2.45, 2.75) is 13.3 Å². The highest BCUT2D eigenvalue weighted by Crippen LogP contribution is 2.19. The summed E-state index contributed by atoms with van der Waals surface area (Å²) in [5.41, 5.74) is 1.26. The van der Waals surface area contributed by atoms with Crippen molar-refractivity contribution in [3.8, 4) is 11.3 Å². The summed E-state index contributed by atoms with van der Waals surface area (Å²) in [6.45, 7) is 1.83. The molecule has 0 spiro atoms. The van der Waals surface area contributed by atoms with E-state index in [1.807, 2.05) is 37.3 Å². The first-order valence-electron chi connectivity index (χ1n) is 4.79. The van der Waals surface area contributed by atoms with E-state index in [2.05, 4.69) is 5.10 Å². The number of nitrogens with one attached hydrogen (secondary N) is 1. The van der Waals surface area contributed by atoms with Crippen molar-refractivity contribution in [3.05, 3.63) is 46.2 Å². The smallest absolute Gasteiger partial charge is 0.266 e. The van der Waals surface area contributed by atoms with E-state index < -0.39 is 5.56 Å². The highest BCUT2D eigenvalue weighted by molar-refractivity contribution is 5.62. The van der Waals surface area contributed by atoms with E-state index in [1.54, 1.807) is 0 Å². The van der Waals surface area contributed by atoms with Crippen molar-refractivity contribution in [2.75, 3.05) is 0 Å². The first kappa shape index (κ1) is 9.71. The lowest BCUT2D eigenvalue weighted by Crippen LogP contribution is -2.11. The Morgan fingerprint density at radius 1 is 1.33 bits per heavy atom. The number of aromatic amines is 1. The second-order valence-electron chi connectivity index (χ2n) is 3.27. The molecule has 0 amide bonds. The van der Waals surface area contributed by atoms with Gasteiger partial charge in [0.2, 0.25) is 0 Å². The lowest BCUT2D eigenvalue weighted by Gasteiger charge is -1.98. The molecule has 0 atom stereocenters. The van der Waals surface area contributed by atoms with Crippen molar-refractivity contribution < 1.29 is 4.48 Å². The van der Waals surface area contributed by atoms with Crippen LogP contribution in [0.4, 0.5) is 4.48 Å². The molecule has 0 saturated heterocycles. The van der Waals surface area contributed by atoms with Gasteiger partial charge in [0.05, 0.1) is 5.69 Å². The van der Waals surface area contributed by atoms with Crippen molar-refractivity contribution in [3.63, 3.8) is 0 Å². The van der Waals surface area contributed by atoms with Gasteiger partial charge in [-0.15, -0.1) is 0 Å². The summed E-state index contributed by atoms with van der Waals surface area (Å²) in [5.74, 6) is 0. The van der Waals surface area contributed by atoms with Gasteiger partial charge in [0.15, 0.2) is 0 Å². The third kappa shape index (κ3) is 1.58. The lowest BCUT2D eigenvalue weighted by molar-refractivity contribution is 0.304. The third-order valence-electron chi connectivity index (χ3n) is 2.36. The average Bonchev–Trinajstić information content (AvgIpc) is 2.56. The fraction of sp³-hybridized carbons (Fsp3) is 0.182. The van der Waals surface area contributed by atoms with Gasteiger partial charge < -0.3 is 0 Å². The summed E-state index contributed by atoms with van der Waals surface area (Å²) in [5, 5.41) is 2.42. The van der Waals surface area contributed by atoms with Crippen LogP contribution in [0, 0.1) is 0 Å². The van der Waals surface area contributed by atoms with Crippen molar-refractivity contribution in [1.29, 1.82) is 0 Å². The predicted octanol–water partition coefficient (Wildman–Crippen LogP) is 2.14. The van der Waals surface area contributed by atoms with Crippen LogP contribution in [0.25, 0.3) is 11.3 Å². The SMILES string of the molecule is CCc1c(-c2ccccc2)[nH]n(F)c1=O. The van der Waals surface area contributed by atoms with Gasteiger partial charge >= 0.3 is 0 Å². The van der Waals surface area contributed by atoms with Gasteiger partial charge in [-0.1, -0.05) is 46.6 Å². The topological polar surface area (TPSA) is 37.8 Å². The van der Waals surface area contributed by atoms with Crippen LogP contribution in [0.2, 0.25) is 0 Å². The zero-order valence-electron chi connectivity index (χ0n) is 8.33. The van der Waals surface area contributed by atoms with E-state index in [1.165, 1.54) is 0 Å². The zero-order valence-corrected chi connectivity index (χ0v) is 8.33. The molecule has 0 bridgehead atoms. The van der Waals surface area contributed by atoms with E-state index in [0.29, 0.717) is 17.7 Å². The Labute approximate surface area is 86.1 Å². The molecule has 0 saturated carbocycles. The van der Waals surface area contributed by atoms with E-state index in [9.17, 15) is 9.28 Å².